The van der Waals surface area contributed by atoms with Crippen LogP contribution < -0.4 is 9.86 Å². The van der Waals surface area contributed by atoms with Crippen LogP contribution in [0.25, 0.3) is 0 Å². The molecule has 23 heavy (non-hydrogen) atoms. The molecule has 0 spiro atoms. The largest absolute Gasteiger partial charge is 0.280 e. The first-order valence-electron chi connectivity index (χ1n) is 6.74. The van der Waals surface area contributed by atoms with Gasteiger partial charge in [0.2, 0.25) is 10.0 Å². The van der Waals surface area contributed by atoms with E-state index in [1.807, 2.05) is 13.8 Å². The molecule has 8 heteroatoms. The summed E-state index contributed by atoms with van der Waals surface area (Å²) >= 11 is 0. The van der Waals surface area contributed by atoms with Crippen LogP contribution >= 0.6 is 0 Å². The molecule has 0 amide bonds. The van der Waals surface area contributed by atoms with Gasteiger partial charge in [0.25, 0.3) is 10.0 Å². The fourth-order valence-corrected chi connectivity index (χ4v) is 4.01. The normalized spacial score (nSPS) is 12.2. The smallest absolute Gasteiger partial charge is 0.261 e. The average Bonchev–Trinajstić information content (AvgIpc) is 2.42. The summed E-state index contributed by atoms with van der Waals surface area (Å²) in [6, 6.07) is 8.98. The lowest BCUT2D eigenvalue weighted by atomic mass is 10.1. The molecular formula is C15H18N2O4S2. The molecule has 0 aliphatic heterocycles. The number of sulfonamides is 2. The summed E-state index contributed by atoms with van der Waals surface area (Å²) in [6.45, 7) is 5.29. The standard InChI is InChI=1S/C15H18N2O4S2/c1-10-5-7-14(8-12(10)3)23(20,21)17-13-6-4-11(2)15(9-13)22(16,18)19/h4-9,17H,1-3H3,(H2,16,18,19). The van der Waals surface area contributed by atoms with E-state index in [9.17, 15) is 16.8 Å². The molecule has 0 aromatic heterocycles. The maximum atomic E-state index is 12.4. The van der Waals surface area contributed by atoms with Crippen molar-refractivity contribution in [1.29, 1.82) is 0 Å². The zero-order chi connectivity index (χ0) is 17.4. The Kier molecular flexibility index (Phi) is 4.52. The highest BCUT2D eigenvalue weighted by atomic mass is 32.2. The van der Waals surface area contributed by atoms with E-state index in [4.69, 9.17) is 5.14 Å². The Morgan fingerprint density at radius 3 is 2.00 bits per heavy atom. The second kappa shape index (κ2) is 5.95. The van der Waals surface area contributed by atoms with Crippen LogP contribution in [0.15, 0.2) is 46.2 Å². The van der Waals surface area contributed by atoms with Crippen molar-refractivity contribution in [1.82, 2.24) is 0 Å². The van der Waals surface area contributed by atoms with E-state index in [2.05, 4.69) is 4.72 Å². The number of aryl methyl sites for hydroxylation is 3. The Balaban J connectivity index is 2.43. The molecule has 0 fully saturated rings. The number of hydrogen-bond acceptors (Lipinski definition) is 4. The monoisotopic (exact) mass is 354 g/mol. The lowest BCUT2D eigenvalue weighted by molar-refractivity contribution is 0.596. The third-order valence-corrected chi connectivity index (χ3v) is 5.97. The molecule has 0 aliphatic rings. The molecule has 3 N–H and O–H groups in total. The Labute approximate surface area is 136 Å². The van der Waals surface area contributed by atoms with Crippen molar-refractivity contribution in [3.8, 4) is 0 Å². The first-order valence-corrected chi connectivity index (χ1v) is 9.77. The summed E-state index contributed by atoms with van der Waals surface area (Å²) in [5.41, 5.74) is 2.41. The van der Waals surface area contributed by atoms with Gasteiger partial charge >= 0.3 is 0 Å². The fourth-order valence-electron chi connectivity index (χ4n) is 2.07. The van der Waals surface area contributed by atoms with E-state index in [0.29, 0.717) is 5.56 Å². The highest BCUT2D eigenvalue weighted by Crippen LogP contribution is 2.22. The quantitative estimate of drug-likeness (QED) is 0.876. The second-order valence-electron chi connectivity index (χ2n) is 5.38. The van der Waals surface area contributed by atoms with Gasteiger partial charge in [-0.05, 0) is 61.7 Å². The van der Waals surface area contributed by atoms with Crippen LogP contribution in [0.5, 0.6) is 0 Å². The van der Waals surface area contributed by atoms with Gasteiger partial charge in [0, 0.05) is 0 Å². The molecule has 0 unspecified atom stereocenters. The van der Waals surface area contributed by atoms with Gasteiger partial charge in [-0.1, -0.05) is 12.1 Å². The lowest BCUT2D eigenvalue weighted by Crippen LogP contribution is -2.16. The minimum atomic E-state index is -3.92. The third-order valence-electron chi connectivity index (χ3n) is 3.54. The highest BCUT2D eigenvalue weighted by molar-refractivity contribution is 7.92. The molecule has 2 aromatic rings. The molecule has 124 valence electrons. The van der Waals surface area contributed by atoms with Gasteiger partial charge in [0.15, 0.2) is 0 Å². The van der Waals surface area contributed by atoms with Crippen molar-refractivity contribution in [3.63, 3.8) is 0 Å². The summed E-state index contributed by atoms with van der Waals surface area (Å²) in [7, 11) is -7.74. The zero-order valence-electron chi connectivity index (χ0n) is 13.0. The average molecular weight is 354 g/mol. The molecule has 0 saturated carbocycles. The number of nitrogens with two attached hydrogens (primary N) is 1. The summed E-state index contributed by atoms with van der Waals surface area (Å²) in [4.78, 5) is -0.00360. The van der Waals surface area contributed by atoms with E-state index >= 15 is 0 Å². The molecule has 0 bridgehead atoms. The fraction of sp³-hybridized carbons (Fsp3) is 0.200. The second-order valence-corrected chi connectivity index (χ2v) is 8.59. The Bertz CT molecular complexity index is 965. The third kappa shape index (κ3) is 3.90. The molecule has 0 heterocycles. The van der Waals surface area contributed by atoms with Gasteiger partial charge in [-0.2, -0.15) is 0 Å². The van der Waals surface area contributed by atoms with Crippen LogP contribution in [0.4, 0.5) is 5.69 Å². The van der Waals surface area contributed by atoms with Gasteiger partial charge in [-0.25, -0.2) is 22.0 Å². The maximum Gasteiger partial charge on any atom is 0.261 e. The molecule has 2 aromatic carbocycles. The summed E-state index contributed by atoms with van der Waals surface area (Å²) in [6.07, 6.45) is 0. The predicted molar refractivity (Wildman–Crippen MR) is 89.3 cm³/mol. The SMILES string of the molecule is Cc1ccc(S(=O)(=O)Nc2ccc(C)c(S(N)(=O)=O)c2)cc1C. The van der Waals surface area contributed by atoms with Crippen LogP contribution in [0.1, 0.15) is 16.7 Å². The zero-order valence-corrected chi connectivity index (χ0v) is 14.6. The van der Waals surface area contributed by atoms with Crippen LogP contribution in [0.3, 0.4) is 0 Å². The Hall–Kier alpha value is -1.90. The highest BCUT2D eigenvalue weighted by Gasteiger charge is 2.17. The van der Waals surface area contributed by atoms with E-state index in [-0.39, 0.29) is 15.5 Å². The molecule has 0 aliphatic carbocycles. The van der Waals surface area contributed by atoms with Crippen molar-refractivity contribution in [2.75, 3.05) is 4.72 Å². The van der Waals surface area contributed by atoms with Crippen LogP contribution in [0.2, 0.25) is 0 Å². The minimum Gasteiger partial charge on any atom is -0.280 e. The van der Waals surface area contributed by atoms with Crippen molar-refractivity contribution < 1.29 is 16.8 Å². The first-order chi connectivity index (χ1) is 10.5. The number of benzene rings is 2. The van der Waals surface area contributed by atoms with Gasteiger partial charge in [-0.15, -0.1) is 0 Å². The number of primary sulfonamides is 1. The predicted octanol–water partition coefficient (Wildman–Crippen LogP) is 2.06. The van der Waals surface area contributed by atoms with Gasteiger partial charge in [-0.3, -0.25) is 4.72 Å². The molecule has 2 rings (SSSR count). The summed E-state index contributed by atoms with van der Waals surface area (Å²) in [5.74, 6) is 0. The van der Waals surface area contributed by atoms with E-state index in [1.165, 1.54) is 24.3 Å². The number of anilines is 1. The number of nitrogens with one attached hydrogen (secondary N) is 1. The molecule has 0 atom stereocenters. The Morgan fingerprint density at radius 2 is 1.43 bits per heavy atom. The van der Waals surface area contributed by atoms with Crippen molar-refractivity contribution >= 4 is 25.7 Å². The summed E-state index contributed by atoms with van der Waals surface area (Å²) < 4.78 is 50.3. The summed E-state index contributed by atoms with van der Waals surface area (Å²) in [5, 5.41) is 5.13. The molecule has 0 radical (unpaired) electrons. The Morgan fingerprint density at radius 1 is 0.826 bits per heavy atom. The van der Waals surface area contributed by atoms with Crippen molar-refractivity contribution in [2.45, 2.75) is 30.6 Å². The van der Waals surface area contributed by atoms with Crippen LogP contribution in [0, 0.1) is 20.8 Å². The van der Waals surface area contributed by atoms with Gasteiger partial charge in [0.1, 0.15) is 0 Å². The molecular weight excluding hydrogens is 336 g/mol. The van der Waals surface area contributed by atoms with Crippen LogP contribution in [-0.2, 0) is 20.0 Å². The van der Waals surface area contributed by atoms with Crippen molar-refractivity contribution in [2.24, 2.45) is 5.14 Å². The van der Waals surface area contributed by atoms with E-state index in [0.717, 1.165) is 11.1 Å². The van der Waals surface area contributed by atoms with Gasteiger partial charge < -0.3 is 0 Å². The first kappa shape index (κ1) is 17.5. The molecule has 6 nitrogen and oxygen atoms in total. The minimum absolute atomic E-state index is 0.110. The van der Waals surface area contributed by atoms with Gasteiger partial charge in [0.05, 0.1) is 15.5 Å². The number of hydrogen-bond donors (Lipinski definition) is 2. The maximum absolute atomic E-state index is 12.4. The van der Waals surface area contributed by atoms with E-state index in [1.54, 1.807) is 19.1 Å². The topological polar surface area (TPSA) is 106 Å². The van der Waals surface area contributed by atoms with E-state index < -0.39 is 20.0 Å². The number of rotatable bonds is 4. The van der Waals surface area contributed by atoms with Crippen molar-refractivity contribution in [3.05, 3.63) is 53.1 Å². The lowest BCUT2D eigenvalue weighted by Gasteiger charge is -2.11. The van der Waals surface area contributed by atoms with Crippen LogP contribution in [-0.4, -0.2) is 16.8 Å². The molecule has 0 saturated heterocycles.